The predicted molar refractivity (Wildman–Crippen MR) is 266 cm³/mol. The average molecular weight is 845 g/mol. The molecular formula is C57H40N4S2. The monoisotopic (exact) mass is 844 g/mol. The van der Waals surface area contributed by atoms with Crippen molar-refractivity contribution in [3.63, 3.8) is 0 Å². The van der Waals surface area contributed by atoms with E-state index in [9.17, 15) is 0 Å². The summed E-state index contributed by atoms with van der Waals surface area (Å²) in [6.45, 7) is 9.34. The van der Waals surface area contributed by atoms with Gasteiger partial charge in [-0.3, -0.25) is 4.90 Å². The molecule has 0 fully saturated rings. The topological polar surface area (TPSA) is 41.9 Å². The van der Waals surface area contributed by atoms with Gasteiger partial charge in [0.1, 0.15) is 0 Å². The molecule has 300 valence electrons. The fourth-order valence-corrected chi connectivity index (χ4v) is 12.9. The van der Waals surface area contributed by atoms with Crippen LogP contribution in [0.1, 0.15) is 49.9 Å². The first-order chi connectivity index (χ1) is 30.7. The highest BCUT2D eigenvalue weighted by Gasteiger charge is 2.39. The Bertz CT molecular complexity index is 3720. The van der Waals surface area contributed by atoms with Crippen molar-refractivity contribution in [3.05, 3.63) is 192 Å². The lowest BCUT2D eigenvalue weighted by atomic mass is 9.82. The molecule has 3 aromatic heterocycles. The Balaban J connectivity index is 1.11. The van der Waals surface area contributed by atoms with Crippen LogP contribution in [0.2, 0.25) is 0 Å². The van der Waals surface area contributed by atoms with Crippen molar-refractivity contribution in [2.45, 2.75) is 38.5 Å². The van der Waals surface area contributed by atoms with E-state index in [1.54, 1.807) is 0 Å². The molecule has 2 aliphatic rings. The highest BCUT2D eigenvalue weighted by molar-refractivity contribution is 7.26. The maximum atomic E-state index is 5.60. The average Bonchev–Trinajstić information content (AvgIpc) is 4.02. The van der Waals surface area contributed by atoms with Gasteiger partial charge in [0.05, 0.1) is 16.1 Å². The largest absolute Gasteiger partial charge is 0.277 e. The molecule has 0 unspecified atom stereocenters. The molecule has 0 aliphatic heterocycles. The zero-order valence-electron chi connectivity index (χ0n) is 35.3. The summed E-state index contributed by atoms with van der Waals surface area (Å²) in [5, 5.41) is 4.92. The molecule has 0 atom stereocenters. The normalized spacial score (nSPS) is 14.3. The van der Waals surface area contributed by atoms with E-state index in [1.807, 2.05) is 22.7 Å². The SMILES string of the molecule is CC1(C)c2ccccc2-c2ccc(-c3nc(-c4ccc5sc6ccccc6c5c4)nc(N(c4cccc5c4-c4ccccc4C5(C)C)c4cccc5c4sc4ccccc45)n3)cc21. The second-order valence-electron chi connectivity index (χ2n) is 18.0. The number of hydrogen-bond acceptors (Lipinski definition) is 6. The van der Waals surface area contributed by atoms with Gasteiger partial charge in [0.25, 0.3) is 0 Å². The molecule has 2 aliphatic carbocycles. The summed E-state index contributed by atoms with van der Waals surface area (Å²) in [5.41, 5.74) is 13.9. The van der Waals surface area contributed by atoms with Crippen LogP contribution in [-0.2, 0) is 10.8 Å². The number of aromatic nitrogens is 3. The third-order valence-corrected chi connectivity index (χ3v) is 16.1. The van der Waals surface area contributed by atoms with Gasteiger partial charge in [-0.1, -0.05) is 149 Å². The molecule has 63 heavy (non-hydrogen) atoms. The van der Waals surface area contributed by atoms with E-state index in [2.05, 4.69) is 202 Å². The molecule has 0 amide bonds. The first-order valence-electron chi connectivity index (χ1n) is 21.6. The number of benzene rings is 8. The maximum Gasteiger partial charge on any atom is 0.238 e. The van der Waals surface area contributed by atoms with Crippen molar-refractivity contribution in [2.24, 2.45) is 0 Å². The van der Waals surface area contributed by atoms with E-state index < -0.39 is 0 Å². The van der Waals surface area contributed by atoms with Gasteiger partial charge in [0, 0.05) is 63.2 Å². The van der Waals surface area contributed by atoms with Crippen LogP contribution >= 0.6 is 22.7 Å². The minimum atomic E-state index is -0.194. The molecule has 0 spiro atoms. The molecule has 0 saturated heterocycles. The third kappa shape index (κ3) is 5.29. The number of anilines is 3. The van der Waals surface area contributed by atoms with Crippen LogP contribution in [0.4, 0.5) is 17.3 Å². The Morgan fingerprint density at radius 1 is 0.397 bits per heavy atom. The van der Waals surface area contributed by atoms with Crippen molar-refractivity contribution >= 4 is 80.3 Å². The fraction of sp³-hybridized carbons (Fsp3) is 0.105. The fourth-order valence-electron chi connectivity index (χ4n) is 10.6. The highest BCUT2D eigenvalue weighted by Crippen LogP contribution is 2.55. The molecule has 0 bridgehead atoms. The van der Waals surface area contributed by atoms with Gasteiger partial charge in [0.2, 0.25) is 5.95 Å². The Morgan fingerprint density at radius 3 is 1.73 bits per heavy atom. The summed E-state index contributed by atoms with van der Waals surface area (Å²) in [6.07, 6.45) is 0. The Kier molecular flexibility index (Phi) is 7.71. The zero-order valence-corrected chi connectivity index (χ0v) is 36.9. The predicted octanol–water partition coefficient (Wildman–Crippen LogP) is 16.0. The number of hydrogen-bond donors (Lipinski definition) is 0. The van der Waals surface area contributed by atoms with E-state index in [-0.39, 0.29) is 10.8 Å². The van der Waals surface area contributed by atoms with Crippen LogP contribution in [0, 0.1) is 0 Å². The second-order valence-corrected chi connectivity index (χ2v) is 20.1. The van der Waals surface area contributed by atoms with Gasteiger partial charge in [-0.2, -0.15) is 9.97 Å². The van der Waals surface area contributed by atoms with E-state index >= 15 is 0 Å². The summed E-state index contributed by atoms with van der Waals surface area (Å²) in [4.78, 5) is 18.9. The Labute approximate surface area is 373 Å². The van der Waals surface area contributed by atoms with Crippen LogP contribution in [0.25, 0.3) is 85.4 Å². The summed E-state index contributed by atoms with van der Waals surface area (Å²) in [6, 6.07) is 62.0. The van der Waals surface area contributed by atoms with Crippen LogP contribution in [0.15, 0.2) is 170 Å². The lowest BCUT2D eigenvalue weighted by molar-refractivity contribution is 0.660. The Morgan fingerprint density at radius 2 is 0.937 bits per heavy atom. The van der Waals surface area contributed by atoms with E-state index in [0.29, 0.717) is 17.6 Å². The third-order valence-electron chi connectivity index (χ3n) is 13.8. The molecule has 3 heterocycles. The minimum absolute atomic E-state index is 0.181. The smallest absolute Gasteiger partial charge is 0.238 e. The van der Waals surface area contributed by atoms with Gasteiger partial charge < -0.3 is 0 Å². The number of nitrogens with zero attached hydrogens (tertiary/aromatic N) is 4. The van der Waals surface area contributed by atoms with Gasteiger partial charge in [-0.25, -0.2) is 4.98 Å². The molecule has 0 radical (unpaired) electrons. The number of rotatable bonds is 5. The van der Waals surface area contributed by atoms with Gasteiger partial charge >= 0.3 is 0 Å². The van der Waals surface area contributed by atoms with E-state index in [1.165, 1.54) is 84.9 Å². The van der Waals surface area contributed by atoms with Crippen LogP contribution < -0.4 is 4.90 Å². The van der Waals surface area contributed by atoms with E-state index in [4.69, 9.17) is 15.0 Å². The van der Waals surface area contributed by atoms with Crippen LogP contribution in [0.5, 0.6) is 0 Å². The number of fused-ring (bicyclic) bond motifs is 12. The quantitative estimate of drug-likeness (QED) is 0.173. The van der Waals surface area contributed by atoms with Crippen LogP contribution in [0.3, 0.4) is 0 Å². The lowest BCUT2D eigenvalue weighted by Gasteiger charge is -2.28. The van der Waals surface area contributed by atoms with Gasteiger partial charge in [-0.05, 0) is 87.5 Å². The maximum absolute atomic E-state index is 5.60. The lowest BCUT2D eigenvalue weighted by Crippen LogP contribution is -2.18. The molecule has 13 rings (SSSR count). The molecule has 6 heteroatoms. The summed E-state index contributed by atoms with van der Waals surface area (Å²) >= 11 is 3.65. The number of thiophene rings is 2. The van der Waals surface area contributed by atoms with Crippen molar-refractivity contribution in [3.8, 4) is 45.0 Å². The van der Waals surface area contributed by atoms with Crippen molar-refractivity contribution in [1.82, 2.24) is 15.0 Å². The molecular weight excluding hydrogens is 805 g/mol. The first kappa shape index (κ1) is 36.6. The summed E-state index contributed by atoms with van der Waals surface area (Å²) in [7, 11) is 0. The van der Waals surface area contributed by atoms with Gasteiger partial charge in [-0.15, -0.1) is 22.7 Å². The summed E-state index contributed by atoms with van der Waals surface area (Å²) < 4.78 is 4.95. The van der Waals surface area contributed by atoms with Gasteiger partial charge in [0.15, 0.2) is 11.6 Å². The van der Waals surface area contributed by atoms with Crippen molar-refractivity contribution in [2.75, 3.05) is 4.90 Å². The molecule has 0 saturated carbocycles. The van der Waals surface area contributed by atoms with Crippen molar-refractivity contribution in [1.29, 1.82) is 0 Å². The van der Waals surface area contributed by atoms with E-state index in [0.717, 1.165) is 22.5 Å². The second kappa shape index (κ2) is 13.3. The van der Waals surface area contributed by atoms with Crippen molar-refractivity contribution < 1.29 is 0 Å². The summed E-state index contributed by atoms with van der Waals surface area (Å²) in [5.74, 6) is 1.85. The minimum Gasteiger partial charge on any atom is -0.277 e. The standard InChI is InChI=1S/C57H40N4S2/c1-56(2)43-21-10-6-18-40(43)51-44(56)22-14-23-46(51)61(47-24-13-19-39-37-16-7-12-26-49(37)63-52(39)47)55-59-53(33-28-30-50-41(31-33)38-17-8-11-25-48(38)62-50)58-54(60-55)34-27-29-36-35-15-5-9-20-42(35)57(3,4)45(36)32-34/h5-32H,1-4H3. The molecule has 0 N–H and O–H groups in total. The molecule has 4 nitrogen and oxygen atoms in total. The zero-order chi connectivity index (χ0) is 42.2. The van der Waals surface area contributed by atoms with Crippen LogP contribution in [-0.4, -0.2) is 15.0 Å². The molecule has 11 aromatic rings. The first-order valence-corrected chi connectivity index (χ1v) is 23.2. The Hall–Kier alpha value is -6.99. The molecule has 8 aromatic carbocycles. The highest BCUT2D eigenvalue weighted by atomic mass is 32.1.